The van der Waals surface area contributed by atoms with Crippen molar-refractivity contribution in [3.05, 3.63) is 22.2 Å². The molecule has 7 heteroatoms. The van der Waals surface area contributed by atoms with Crippen molar-refractivity contribution in [1.29, 1.82) is 0 Å². The first-order valence-electron chi connectivity index (χ1n) is 7.16. The largest absolute Gasteiger partial charge is 0.399 e. The molecule has 5 nitrogen and oxygen atoms in total. The summed E-state index contributed by atoms with van der Waals surface area (Å²) >= 11 is 12.4. The van der Waals surface area contributed by atoms with Crippen molar-refractivity contribution in [2.24, 2.45) is 11.8 Å². The number of tetrazole rings is 1. The number of fused-ring (bicyclic) bond motifs is 2. The second-order valence-electron chi connectivity index (χ2n) is 6.05. The molecule has 3 atom stereocenters. The van der Waals surface area contributed by atoms with E-state index in [4.69, 9.17) is 28.9 Å². The third kappa shape index (κ3) is 2.10. The number of halogens is 2. The first-order valence-corrected chi connectivity index (χ1v) is 7.92. The minimum atomic E-state index is 0.366. The van der Waals surface area contributed by atoms with Gasteiger partial charge in [0.2, 0.25) is 0 Å². The Labute approximate surface area is 132 Å². The Morgan fingerprint density at radius 3 is 2.76 bits per heavy atom. The average molecular weight is 324 g/mol. The summed E-state index contributed by atoms with van der Waals surface area (Å²) in [4.78, 5) is 0. The maximum absolute atomic E-state index is 6.32. The van der Waals surface area contributed by atoms with Gasteiger partial charge in [-0.2, -0.15) is 0 Å². The van der Waals surface area contributed by atoms with Crippen LogP contribution in [0.2, 0.25) is 10.0 Å². The Balaban J connectivity index is 1.79. The van der Waals surface area contributed by atoms with Crippen LogP contribution < -0.4 is 5.73 Å². The van der Waals surface area contributed by atoms with Crippen molar-refractivity contribution >= 4 is 28.9 Å². The fraction of sp³-hybridized carbons (Fsp3) is 0.500. The number of nitrogens with two attached hydrogens (primary N) is 1. The van der Waals surface area contributed by atoms with Gasteiger partial charge in [0.25, 0.3) is 0 Å². The van der Waals surface area contributed by atoms with Crippen LogP contribution in [0.4, 0.5) is 5.69 Å². The maximum Gasteiger partial charge on any atom is 0.183 e. The molecule has 1 aromatic heterocycles. The molecule has 0 radical (unpaired) electrons. The predicted octanol–water partition coefficient (Wildman–Crippen LogP) is 3.59. The molecule has 1 heterocycles. The molecule has 21 heavy (non-hydrogen) atoms. The number of hydrogen-bond donors (Lipinski definition) is 1. The first kappa shape index (κ1) is 13.3. The van der Waals surface area contributed by atoms with Crippen LogP contribution in [-0.4, -0.2) is 20.2 Å². The van der Waals surface area contributed by atoms with Gasteiger partial charge in [-0.1, -0.05) is 29.6 Å². The van der Waals surface area contributed by atoms with E-state index in [9.17, 15) is 0 Å². The van der Waals surface area contributed by atoms with Crippen molar-refractivity contribution in [3.63, 3.8) is 0 Å². The van der Waals surface area contributed by atoms with Crippen molar-refractivity contribution in [2.45, 2.75) is 31.7 Å². The van der Waals surface area contributed by atoms with Crippen LogP contribution in [0.1, 0.15) is 31.7 Å². The molecular formula is C14H15Cl2N5. The van der Waals surface area contributed by atoms with Crippen LogP contribution in [-0.2, 0) is 0 Å². The van der Waals surface area contributed by atoms with E-state index in [1.165, 1.54) is 19.3 Å². The smallest absolute Gasteiger partial charge is 0.183 e. The molecule has 0 spiro atoms. The zero-order valence-electron chi connectivity index (χ0n) is 11.3. The Morgan fingerprint density at radius 1 is 1.19 bits per heavy atom. The Bertz CT molecular complexity index is 699. The highest BCUT2D eigenvalue weighted by Crippen LogP contribution is 2.51. The van der Waals surface area contributed by atoms with Gasteiger partial charge in [0, 0.05) is 11.3 Å². The fourth-order valence-corrected chi connectivity index (χ4v) is 4.30. The van der Waals surface area contributed by atoms with E-state index in [2.05, 4.69) is 15.5 Å². The standard InChI is InChI=1S/C14H15Cl2N5/c15-11-6-9(17)5-10(13(11)16)14-18-19-20-21(14)12-4-7-1-2-8(12)3-7/h5-8,12H,1-4,17H2. The van der Waals surface area contributed by atoms with Crippen molar-refractivity contribution in [3.8, 4) is 11.4 Å². The van der Waals surface area contributed by atoms with E-state index >= 15 is 0 Å². The van der Waals surface area contributed by atoms with Crippen LogP contribution in [0.5, 0.6) is 0 Å². The van der Waals surface area contributed by atoms with E-state index in [0.717, 1.165) is 12.3 Å². The van der Waals surface area contributed by atoms with Crippen molar-refractivity contribution < 1.29 is 0 Å². The van der Waals surface area contributed by atoms with E-state index in [-0.39, 0.29) is 0 Å². The van der Waals surface area contributed by atoms with Crippen molar-refractivity contribution in [2.75, 3.05) is 5.73 Å². The highest BCUT2D eigenvalue weighted by Gasteiger charge is 2.42. The third-order valence-electron chi connectivity index (χ3n) is 4.80. The summed E-state index contributed by atoms with van der Waals surface area (Å²) in [7, 11) is 0. The average Bonchev–Trinajstić information content (AvgIpc) is 3.17. The lowest BCUT2D eigenvalue weighted by molar-refractivity contribution is 0.304. The molecule has 2 aromatic rings. The molecule has 2 saturated carbocycles. The van der Waals surface area contributed by atoms with Gasteiger partial charge in [-0.15, -0.1) is 5.10 Å². The Hall–Kier alpha value is -1.33. The lowest BCUT2D eigenvalue weighted by atomic mass is 9.95. The number of nitrogens with zero attached hydrogens (tertiary/aromatic N) is 4. The Morgan fingerprint density at radius 2 is 2.05 bits per heavy atom. The van der Waals surface area contributed by atoms with Crippen LogP contribution in [0.15, 0.2) is 12.1 Å². The summed E-state index contributed by atoms with van der Waals surface area (Å²) in [5, 5.41) is 13.1. The number of anilines is 1. The van der Waals surface area contributed by atoms with Crippen LogP contribution in [0.3, 0.4) is 0 Å². The zero-order chi connectivity index (χ0) is 14.6. The Kier molecular flexibility index (Phi) is 3.08. The predicted molar refractivity (Wildman–Crippen MR) is 82.2 cm³/mol. The molecular weight excluding hydrogens is 309 g/mol. The molecule has 0 amide bonds. The monoisotopic (exact) mass is 323 g/mol. The molecule has 0 aliphatic heterocycles. The third-order valence-corrected chi connectivity index (χ3v) is 5.60. The maximum atomic E-state index is 6.32. The molecule has 2 fully saturated rings. The van der Waals surface area contributed by atoms with Gasteiger partial charge in [-0.25, -0.2) is 4.68 Å². The van der Waals surface area contributed by atoms with Gasteiger partial charge in [0.05, 0.1) is 16.1 Å². The second-order valence-corrected chi connectivity index (χ2v) is 6.84. The van der Waals surface area contributed by atoms with Gasteiger partial charge in [0.1, 0.15) is 0 Å². The lowest BCUT2D eigenvalue weighted by Gasteiger charge is -2.22. The topological polar surface area (TPSA) is 69.6 Å². The van der Waals surface area contributed by atoms with Gasteiger partial charge < -0.3 is 5.73 Å². The number of nitrogen functional groups attached to an aromatic ring is 1. The normalized spacial score (nSPS) is 27.4. The van der Waals surface area contributed by atoms with E-state index in [0.29, 0.717) is 39.1 Å². The molecule has 4 rings (SSSR count). The molecule has 110 valence electrons. The van der Waals surface area contributed by atoms with E-state index < -0.39 is 0 Å². The lowest BCUT2D eigenvalue weighted by Crippen LogP contribution is -2.18. The minimum absolute atomic E-state index is 0.366. The number of benzene rings is 1. The molecule has 3 unspecified atom stereocenters. The summed E-state index contributed by atoms with van der Waals surface area (Å²) in [6.45, 7) is 0. The SMILES string of the molecule is Nc1cc(Cl)c(Cl)c(-c2nnnn2C2CC3CCC2C3)c1. The number of aromatic nitrogens is 4. The van der Waals surface area contributed by atoms with Crippen LogP contribution >= 0.6 is 23.2 Å². The number of rotatable bonds is 2. The summed E-state index contributed by atoms with van der Waals surface area (Å²) in [5.41, 5.74) is 7.14. The van der Waals surface area contributed by atoms with Crippen molar-refractivity contribution in [1.82, 2.24) is 20.2 Å². The fourth-order valence-electron chi connectivity index (χ4n) is 3.88. The summed E-state index contributed by atoms with van der Waals surface area (Å²) in [6, 6.07) is 3.79. The molecule has 0 saturated heterocycles. The van der Waals surface area contributed by atoms with Crippen LogP contribution in [0.25, 0.3) is 11.4 Å². The quantitative estimate of drug-likeness (QED) is 0.857. The highest BCUT2D eigenvalue weighted by molar-refractivity contribution is 6.43. The van der Waals surface area contributed by atoms with E-state index in [1.807, 2.05) is 4.68 Å². The molecule has 2 aliphatic rings. The second kappa shape index (κ2) is 4.85. The summed E-state index contributed by atoms with van der Waals surface area (Å²) in [6.07, 6.45) is 5.04. The first-order chi connectivity index (χ1) is 10.1. The van der Waals surface area contributed by atoms with Gasteiger partial charge in [-0.05, 0) is 53.7 Å². The molecule has 2 N–H and O–H groups in total. The summed E-state index contributed by atoms with van der Waals surface area (Å²) in [5.74, 6) is 2.15. The molecule has 2 bridgehead atoms. The number of hydrogen-bond acceptors (Lipinski definition) is 4. The summed E-state index contributed by atoms with van der Waals surface area (Å²) < 4.78 is 1.92. The molecule has 1 aromatic carbocycles. The molecule has 2 aliphatic carbocycles. The zero-order valence-corrected chi connectivity index (χ0v) is 12.8. The van der Waals surface area contributed by atoms with E-state index in [1.54, 1.807) is 12.1 Å². The highest BCUT2D eigenvalue weighted by atomic mass is 35.5. The van der Waals surface area contributed by atoms with Gasteiger partial charge in [-0.3, -0.25) is 0 Å². The van der Waals surface area contributed by atoms with Gasteiger partial charge >= 0.3 is 0 Å². The minimum Gasteiger partial charge on any atom is -0.399 e. The van der Waals surface area contributed by atoms with Gasteiger partial charge in [0.15, 0.2) is 5.82 Å². The van der Waals surface area contributed by atoms with Crippen LogP contribution in [0, 0.1) is 11.8 Å².